The van der Waals surface area contributed by atoms with Gasteiger partial charge in [-0.05, 0) is 33.0 Å². The van der Waals surface area contributed by atoms with Crippen molar-refractivity contribution in [3.63, 3.8) is 0 Å². The number of nitrogen functional groups attached to an aromatic ring is 1. The molecule has 5 heteroatoms. The number of hydrogen-bond donors (Lipinski definition) is 2. The van der Waals surface area contributed by atoms with Gasteiger partial charge in [0.2, 0.25) is 0 Å². The quantitative estimate of drug-likeness (QED) is 0.859. The Morgan fingerprint density at radius 1 is 1.21 bits per heavy atom. The maximum Gasteiger partial charge on any atom is 0.169 e. The second-order valence-electron chi connectivity index (χ2n) is 4.95. The highest BCUT2D eigenvalue weighted by Crippen LogP contribution is 2.17. The van der Waals surface area contributed by atoms with Crippen LogP contribution in [0, 0.1) is 0 Å². The smallest absolute Gasteiger partial charge is 0.169 e. The number of likely N-dealkylation sites (N-methyl/N-ethyl adjacent to an activating group) is 1. The molecule has 0 spiro atoms. The van der Waals surface area contributed by atoms with Crippen LogP contribution in [0.25, 0.3) is 11.0 Å². The van der Waals surface area contributed by atoms with E-state index >= 15 is 0 Å². The summed E-state index contributed by atoms with van der Waals surface area (Å²) in [6.45, 7) is 6.08. The summed E-state index contributed by atoms with van der Waals surface area (Å²) in [6.07, 6.45) is 0. The van der Waals surface area contributed by atoms with Gasteiger partial charge in [-0.15, -0.1) is 0 Å². The van der Waals surface area contributed by atoms with Crippen molar-refractivity contribution >= 4 is 22.7 Å². The molecule has 5 nitrogen and oxygen atoms in total. The predicted molar refractivity (Wildman–Crippen MR) is 80.2 cm³/mol. The van der Waals surface area contributed by atoms with Gasteiger partial charge in [0.25, 0.3) is 0 Å². The molecule has 0 fully saturated rings. The average Bonchev–Trinajstić information content (AvgIpc) is 2.39. The van der Waals surface area contributed by atoms with Crippen molar-refractivity contribution in [3.05, 3.63) is 24.3 Å². The molecule has 1 aromatic heterocycles. The lowest BCUT2D eigenvalue weighted by molar-refractivity contribution is 0.284. The second-order valence-corrected chi connectivity index (χ2v) is 4.95. The number of fused-ring (bicyclic) bond motifs is 1. The van der Waals surface area contributed by atoms with Gasteiger partial charge in [-0.1, -0.05) is 12.1 Å². The minimum Gasteiger partial charge on any atom is -0.381 e. The van der Waals surface area contributed by atoms with Crippen LogP contribution in [0.5, 0.6) is 0 Å². The van der Waals surface area contributed by atoms with E-state index in [0.29, 0.717) is 17.7 Å². The van der Waals surface area contributed by atoms with Gasteiger partial charge in [-0.2, -0.15) is 0 Å². The summed E-state index contributed by atoms with van der Waals surface area (Å²) in [6, 6.07) is 8.26. The molecule has 0 aliphatic rings. The summed E-state index contributed by atoms with van der Waals surface area (Å²) >= 11 is 0. The van der Waals surface area contributed by atoms with Crippen LogP contribution in [0.2, 0.25) is 0 Å². The minimum atomic E-state index is 0.450. The van der Waals surface area contributed by atoms with Gasteiger partial charge >= 0.3 is 0 Å². The fraction of sp³-hybridized carbons (Fsp3) is 0.429. The Bertz CT molecular complexity index is 553. The highest BCUT2D eigenvalue weighted by molar-refractivity contribution is 5.79. The van der Waals surface area contributed by atoms with Crippen molar-refractivity contribution < 1.29 is 0 Å². The number of nitrogens with one attached hydrogen (secondary N) is 1. The van der Waals surface area contributed by atoms with Gasteiger partial charge in [0.05, 0.1) is 11.0 Å². The van der Waals surface area contributed by atoms with Gasteiger partial charge in [0.15, 0.2) is 11.6 Å². The molecule has 2 rings (SSSR count). The minimum absolute atomic E-state index is 0.450. The van der Waals surface area contributed by atoms with E-state index in [1.165, 1.54) is 0 Å². The number of aromatic nitrogens is 2. The average molecular weight is 259 g/mol. The molecule has 19 heavy (non-hydrogen) atoms. The number of nitrogens with two attached hydrogens (primary N) is 1. The number of para-hydroxylation sites is 2. The van der Waals surface area contributed by atoms with E-state index in [-0.39, 0.29) is 0 Å². The van der Waals surface area contributed by atoms with E-state index in [1.54, 1.807) is 0 Å². The number of benzene rings is 1. The molecule has 2 aromatic rings. The van der Waals surface area contributed by atoms with Crippen LogP contribution in [0.15, 0.2) is 24.3 Å². The van der Waals surface area contributed by atoms with E-state index in [1.807, 2.05) is 24.3 Å². The Kier molecular flexibility index (Phi) is 4.16. The lowest BCUT2D eigenvalue weighted by Gasteiger charge is -2.21. The van der Waals surface area contributed by atoms with Gasteiger partial charge in [0, 0.05) is 19.1 Å². The van der Waals surface area contributed by atoms with E-state index in [4.69, 9.17) is 5.73 Å². The van der Waals surface area contributed by atoms with E-state index < -0.39 is 0 Å². The molecule has 3 N–H and O–H groups in total. The third kappa shape index (κ3) is 3.32. The third-order valence-corrected chi connectivity index (χ3v) is 3.24. The molecule has 1 heterocycles. The molecular formula is C14H21N5. The van der Waals surface area contributed by atoms with Crippen molar-refractivity contribution in [3.8, 4) is 0 Å². The van der Waals surface area contributed by atoms with E-state index in [2.05, 4.69) is 41.1 Å². The van der Waals surface area contributed by atoms with Crippen molar-refractivity contribution in [1.29, 1.82) is 0 Å². The van der Waals surface area contributed by atoms with Crippen LogP contribution in [0.3, 0.4) is 0 Å². The first-order valence-electron chi connectivity index (χ1n) is 6.54. The zero-order valence-corrected chi connectivity index (χ0v) is 11.7. The maximum atomic E-state index is 5.91. The first-order chi connectivity index (χ1) is 9.08. The molecule has 0 aliphatic heterocycles. The van der Waals surface area contributed by atoms with Crippen molar-refractivity contribution in [2.24, 2.45) is 0 Å². The molecule has 0 saturated carbocycles. The van der Waals surface area contributed by atoms with Gasteiger partial charge in [-0.3, -0.25) is 0 Å². The summed E-state index contributed by atoms with van der Waals surface area (Å²) < 4.78 is 0. The molecule has 0 atom stereocenters. The van der Waals surface area contributed by atoms with Crippen LogP contribution >= 0.6 is 0 Å². The van der Waals surface area contributed by atoms with Crippen LogP contribution in [0.1, 0.15) is 13.8 Å². The van der Waals surface area contributed by atoms with Crippen LogP contribution in [-0.4, -0.2) is 41.0 Å². The summed E-state index contributed by atoms with van der Waals surface area (Å²) in [7, 11) is 2.10. The standard InChI is InChI=1S/C14H21N5/c1-10(2)19(3)9-8-16-14-13(15)17-11-6-4-5-7-12(11)18-14/h4-7,10H,8-9H2,1-3H3,(H2,15,17)(H,16,18). The maximum absolute atomic E-state index is 5.91. The van der Waals surface area contributed by atoms with Gasteiger partial charge < -0.3 is 16.0 Å². The molecule has 0 unspecified atom stereocenters. The second kappa shape index (κ2) is 5.84. The fourth-order valence-corrected chi connectivity index (χ4v) is 1.75. The summed E-state index contributed by atoms with van der Waals surface area (Å²) in [5.74, 6) is 1.11. The Morgan fingerprint density at radius 3 is 2.47 bits per heavy atom. The third-order valence-electron chi connectivity index (χ3n) is 3.24. The summed E-state index contributed by atoms with van der Waals surface area (Å²) in [5, 5.41) is 3.25. The van der Waals surface area contributed by atoms with Crippen molar-refractivity contribution in [2.75, 3.05) is 31.2 Å². The summed E-state index contributed by atoms with van der Waals surface area (Å²) in [4.78, 5) is 11.1. The molecule has 0 radical (unpaired) electrons. The number of nitrogens with zero attached hydrogens (tertiary/aromatic N) is 3. The zero-order valence-electron chi connectivity index (χ0n) is 11.7. The fourth-order valence-electron chi connectivity index (χ4n) is 1.75. The van der Waals surface area contributed by atoms with E-state index in [9.17, 15) is 0 Å². The van der Waals surface area contributed by atoms with Crippen LogP contribution < -0.4 is 11.1 Å². The van der Waals surface area contributed by atoms with E-state index in [0.717, 1.165) is 24.1 Å². The van der Waals surface area contributed by atoms with Crippen molar-refractivity contribution in [1.82, 2.24) is 14.9 Å². The molecular weight excluding hydrogens is 238 g/mol. The van der Waals surface area contributed by atoms with Gasteiger partial charge in [-0.25, -0.2) is 9.97 Å². The molecule has 102 valence electrons. The lowest BCUT2D eigenvalue weighted by Crippen LogP contribution is -2.31. The summed E-state index contributed by atoms with van der Waals surface area (Å²) in [5.41, 5.74) is 7.60. The normalized spacial score (nSPS) is 11.4. The topological polar surface area (TPSA) is 67.1 Å². The predicted octanol–water partition coefficient (Wildman–Crippen LogP) is 1.96. The first-order valence-corrected chi connectivity index (χ1v) is 6.54. The molecule has 0 amide bonds. The SMILES string of the molecule is CC(C)N(C)CCNc1nc2ccccc2nc1N. The Balaban J connectivity index is 2.06. The Morgan fingerprint density at radius 2 is 1.84 bits per heavy atom. The largest absolute Gasteiger partial charge is 0.381 e. The van der Waals surface area contributed by atoms with Crippen LogP contribution in [-0.2, 0) is 0 Å². The molecule has 0 aliphatic carbocycles. The first kappa shape index (κ1) is 13.5. The Labute approximate surface area is 113 Å². The monoisotopic (exact) mass is 259 g/mol. The van der Waals surface area contributed by atoms with Crippen molar-refractivity contribution in [2.45, 2.75) is 19.9 Å². The lowest BCUT2D eigenvalue weighted by atomic mass is 10.3. The zero-order chi connectivity index (χ0) is 13.8. The number of rotatable bonds is 5. The van der Waals surface area contributed by atoms with Crippen LogP contribution in [0.4, 0.5) is 11.6 Å². The number of hydrogen-bond acceptors (Lipinski definition) is 5. The highest BCUT2D eigenvalue weighted by atomic mass is 15.1. The Hall–Kier alpha value is -1.88. The highest BCUT2D eigenvalue weighted by Gasteiger charge is 2.06. The van der Waals surface area contributed by atoms with Gasteiger partial charge in [0.1, 0.15) is 0 Å². The number of anilines is 2. The molecule has 0 saturated heterocycles. The molecule has 0 bridgehead atoms. The molecule has 1 aromatic carbocycles.